The molecule has 1 heteroatoms. The Kier molecular flexibility index (Phi) is 2.31. The number of fused-ring (bicyclic) bond motifs is 8. The minimum Gasteiger partial charge on any atom is -0.455 e. The highest BCUT2D eigenvalue weighted by molar-refractivity contribution is 6.27. The predicted molar refractivity (Wildman–Crippen MR) is 200 cm³/mol. The van der Waals surface area contributed by atoms with Crippen molar-refractivity contribution in [1.29, 1.82) is 0 Å². The molecule has 218 valence electrons. The molecule has 0 atom stereocenters. The third kappa shape index (κ3) is 3.90. The molecule has 0 amide bonds. The van der Waals surface area contributed by atoms with E-state index in [9.17, 15) is 13.7 Å². The van der Waals surface area contributed by atoms with Crippen molar-refractivity contribution in [1.82, 2.24) is 0 Å². The van der Waals surface area contributed by atoms with E-state index < -0.39 is 268 Å². The Morgan fingerprint density at radius 2 is 0.851 bits per heavy atom. The molecule has 0 fully saturated rings. The van der Waals surface area contributed by atoms with E-state index in [0.29, 0.717) is 0 Å². The summed E-state index contributed by atoms with van der Waals surface area (Å²) in [6, 6.07) is -25.9. The second kappa shape index (κ2) is 10.2. The molecule has 0 saturated carbocycles. The fraction of sp³-hybridized carbons (Fsp3) is 0. The van der Waals surface area contributed by atoms with Crippen LogP contribution in [0, 0.1) is 0 Å². The normalized spacial score (nSPS) is 20.2. The molecule has 0 aliphatic carbocycles. The van der Waals surface area contributed by atoms with Gasteiger partial charge in [-0.3, -0.25) is 0 Å². The average Bonchev–Trinajstić information content (AvgIpc) is 3.78. The summed E-state index contributed by atoms with van der Waals surface area (Å²) in [5, 5.41) is -6.18. The van der Waals surface area contributed by atoms with Gasteiger partial charge in [0.05, 0.1) is 38.4 Å². The van der Waals surface area contributed by atoms with Crippen LogP contribution in [0.3, 0.4) is 0 Å². The lowest BCUT2D eigenvalue weighted by Crippen LogP contribution is -1.91. The van der Waals surface area contributed by atoms with Gasteiger partial charge in [0.25, 0.3) is 0 Å². The molecule has 1 aromatic heterocycles. The van der Waals surface area contributed by atoms with Gasteiger partial charge in [-0.15, -0.1) is 0 Å². The summed E-state index contributed by atoms with van der Waals surface area (Å²) in [5.41, 5.74) is -5.77. The maximum Gasteiger partial charge on any atom is 0.143 e. The lowest BCUT2D eigenvalue weighted by atomic mass is 9.84. The van der Waals surface area contributed by atoms with Crippen molar-refractivity contribution in [3.05, 3.63) is 169 Å². The van der Waals surface area contributed by atoms with Gasteiger partial charge in [0.15, 0.2) is 0 Å². The van der Waals surface area contributed by atoms with Crippen LogP contribution in [0.4, 0.5) is 0 Å². The van der Waals surface area contributed by atoms with Crippen LogP contribution in [0.15, 0.2) is 174 Å². The van der Waals surface area contributed by atoms with Gasteiger partial charge in [-0.2, -0.15) is 0 Å². The van der Waals surface area contributed by atoms with Gasteiger partial charge in [-0.25, -0.2) is 0 Å². The van der Waals surface area contributed by atoms with Crippen molar-refractivity contribution >= 4 is 65.0 Å². The molecule has 0 spiro atoms. The van der Waals surface area contributed by atoms with Crippen molar-refractivity contribution in [2.24, 2.45) is 0 Å². The van der Waals surface area contributed by atoms with E-state index in [1.807, 2.05) is 0 Å². The largest absolute Gasteiger partial charge is 0.455 e. The standard InChI is InChI=1S/C46H28O/c1-3-14-33-29(11-1)13-9-20-34(33)31-23-25-32(26-24-31)43-36-16-5-7-18-38(36)44(39-19-8-6-17-37(39)43)40-21-10-22-42-45(40)41-28-27-30-12-2-4-15-35(30)46(41)47-42/h1-28H/i1D,2D,3D,4D,5D,6D,7D,8D,9D,10D,11D,12D,13D,14D,15D,16D,17D,18D,19D,20D,21D,22D,23D,24D,25D,26D,27D,28D. The number of rotatable bonds is 3. The molecule has 0 aliphatic heterocycles. The molecule has 1 heterocycles. The first-order valence-corrected chi connectivity index (χ1v) is 13.9. The minimum absolute atomic E-state index is 0.460. The smallest absolute Gasteiger partial charge is 0.143 e. The molecule has 0 saturated heterocycles. The Morgan fingerprint density at radius 3 is 1.55 bits per heavy atom. The quantitative estimate of drug-likeness (QED) is 0.178. The van der Waals surface area contributed by atoms with Gasteiger partial charge >= 0.3 is 0 Å². The van der Waals surface area contributed by atoms with E-state index >= 15 is 0 Å². The molecule has 47 heavy (non-hydrogen) atoms. The van der Waals surface area contributed by atoms with E-state index in [1.165, 1.54) is 0 Å². The lowest BCUT2D eigenvalue weighted by molar-refractivity contribution is 0.673. The molecule has 9 aromatic carbocycles. The van der Waals surface area contributed by atoms with Crippen molar-refractivity contribution in [2.75, 3.05) is 0 Å². The Balaban J connectivity index is 1.49. The van der Waals surface area contributed by atoms with Crippen molar-refractivity contribution in [3.8, 4) is 33.4 Å². The van der Waals surface area contributed by atoms with Crippen LogP contribution in [-0.4, -0.2) is 0 Å². The molecule has 0 N–H and O–H groups in total. The van der Waals surface area contributed by atoms with Crippen molar-refractivity contribution < 1.29 is 42.8 Å². The van der Waals surface area contributed by atoms with Crippen molar-refractivity contribution in [3.63, 3.8) is 0 Å². The van der Waals surface area contributed by atoms with Gasteiger partial charge in [0, 0.05) is 16.2 Å². The summed E-state index contributed by atoms with van der Waals surface area (Å²) in [6.07, 6.45) is 0. The third-order valence-electron chi connectivity index (χ3n) is 7.81. The van der Waals surface area contributed by atoms with E-state index in [0.717, 1.165) is 0 Å². The Hall–Kier alpha value is -6.18. The molecular weight excluding hydrogens is 569 g/mol. The van der Waals surface area contributed by atoms with Crippen LogP contribution in [0.2, 0.25) is 0 Å². The van der Waals surface area contributed by atoms with Crippen LogP contribution in [0.1, 0.15) is 38.4 Å². The van der Waals surface area contributed by atoms with Crippen LogP contribution in [0.5, 0.6) is 0 Å². The molecule has 10 aromatic rings. The number of furan rings is 1. The third-order valence-corrected chi connectivity index (χ3v) is 7.81. The highest BCUT2D eigenvalue weighted by Crippen LogP contribution is 2.47. The van der Waals surface area contributed by atoms with Crippen LogP contribution < -0.4 is 0 Å². The topological polar surface area (TPSA) is 13.1 Å². The number of hydrogen-bond donors (Lipinski definition) is 0. The zero-order valence-electron chi connectivity index (χ0n) is 51.4. The second-order valence-corrected chi connectivity index (χ2v) is 10.3. The monoisotopic (exact) mass is 624 g/mol. The molecule has 0 bridgehead atoms. The minimum atomic E-state index is -1.11. The summed E-state index contributed by atoms with van der Waals surface area (Å²) in [6.45, 7) is 0. The van der Waals surface area contributed by atoms with Gasteiger partial charge < -0.3 is 4.42 Å². The first kappa shape index (κ1) is 10.7. The van der Waals surface area contributed by atoms with E-state index in [4.69, 9.17) is 29.1 Å². The summed E-state index contributed by atoms with van der Waals surface area (Å²) >= 11 is 0. The second-order valence-electron chi connectivity index (χ2n) is 10.3. The average molecular weight is 625 g/mol. The molecular formula is C46H28O. The molecule has 0 radical (unpaired) electrons. The summed E-state index contributed by atoms with van der Waals surface area (Å²) in [4.78, 5) is 0. The van der Waals surface area contributed by atoms with Gasteiger partial charge in [-0.1, -0.05) is 157 Å². The Labute approximate surface area is 311 Å². The maximum absolute atomic E-state index is 9.60. The first-order valence-electron chi connectivity index (χ1n) is 27.9. The fourth-order valence-electron chi connectivity index (χ4n) is 5.84. The SMILES string of the molecule is [2H]c1c([2H])c(-c2c3c([2H])c([2H])c([2H])c([2H])c3c(-c3c([2H])c([2H])c([2H])c4oc5c6c([2H])c([2H])c([2H])c([2H])c6c([2H])c([2H])c5c34)c3c([2H])c([2H])c([2H])c([2H])c23)c([2H])c([2H])c1-c1c([2H])c([2H])c([2H])c2c([2H])c([2H])c([2H])c([2H])c12. The van der Waals surface area contributed by atoms with E-state index in [2.05, 4.69) is 0 Å². The number of hydrogen-bond acceptors (Lipinski definition) is 1. The first-order chi connectivity index (χ1) is 35.0. The van der Waals surface area contributed by atoms with Gasteiger partial charge in [0.2, 0.25) is 0 Å². The molecule has 0 unspecified atom stereocenters. The van der Waals surface area contributed by atoms with Crippen LogP contribution in [-0.2, 0) is 0 Å². The predicted octanol–water partition coefficient (Wildman–Crippen LogP) is 13.2. The molecule has 0 aliphatic rings. The summed E-state index contributed by atoms with van der Waals surface area (Å²) in [5.74, 6) is 0. The Bertz CT molecular complexity index is 4330. The summed E-state index contributed by atoms with van der Waals surface area (Å²) in [7, 11) is 0. The lowest BCUT2D eigenvalue weighted by Gasteiger charge is -2.18. The summed E-state index contributed by atoms with van der Waals surface area (Å²) < 4.78 is 258. The van der Waals surface area contributed by atoms with Crippen LogP contribution >= 0.6 is 0 Å². The fourth-order valence-corrected chi connectivity index (χ4v) is 5.84. The van der Waals surface area contributed by atoms with Gasteiger partial charge in [0.1, 0.15) is 11.2 Å². The highest BCUT2D eigenvalue weighted by Gasteiger charge is 2.21. The zero-order valence-corrected chi connectivity index (χ0v) is 23.4. The van der Waals surface area contributed by atoms with E-state index in [-0.39, 0.29) is 0 Å². The zero-order chi connectivity index (χ0) is 55.3. The van der Waals surface area contributed by atoms with E-state index in [1.54, 1.807) is 0 Å². The Morgan fingerprint density at radius 1 is 0.340 bits per heavy atom. The van der Waals surface area contributed by atoms with Crippen LogP contribution in [0.25, 0.3) is 98.4 Å². The molecule has 10 rings (SSSR count). The maximum atomic E-state index is 9.60. The molecule has 1 nitrogen and oxygen atoms in total. The number of benzene rings is 9. The van der Waals surface area contributed by atoms with Gasteiger partial charge in [-0.05, 0) is 83.2 Å². The van der Waals surface area contributed by atoms with Crippen molar-refractivity contribution in [2.45, 2.75) is 0 Å². The highest BCUT2D eigenvalue weighted by atomic mass is 16.3.